The maximum absolute atomic E-state index is 12.3. The fourth-order valence-electron chi connectivity index (χ4n) is 1.20. The average molecular weight is 325 g/mol. The molecule has 10 heteroatoms. The summed E-state index contributed by atoms with van der Waals surface area (Å²) in [5.41, 5.74) is -0.232. The van der Waals surface area contributed by atoms with Crippen molar-refractivity contribution in [1.82, 2.24) is 9.36 Å². The first-order valence-electron chi connectivity index (χ1n) is 4.89. The summed E-state index contributed by atoms with van der Waals surface area (Å²) in [6.07, 6.45) is -4.66. The minimum atomic E-state index is -4.66. The van der Waals surface area contributed by atoms with E-state index >= 15 is 0 Å². The van der Waals surface area contributed by atoms with Gasteiger partial charge in [0.2, 0.25) is 0 Å². The van der Waals surface area contributed by atoms with Gasteiger partial charge < -0.3 is 9.84 Å². The maximum atomic E-state index is 12.3. The van der Waals surface area contributed by atoms with Crippen molar-refractivity contribution in [1.29, 1.82) is 0 Å². The lowest BCUT2D eigenvalue weighted by Gasteiger charge is -2.04. The molecule has 5 nitrogen and oxygen atoms in total. The molecule has 0 unspecified atom stereocenters. The Morgan fingerprint density at radius 2 is 2.10 bits per heavy atom. The van der Waals surface area contributed by atoms with Crippen molar-refractivity contribution in [2.45, 2.75) is 6.18 Å². The molecule has 0 radical (unpaired) electrons. The van der Waals surface area contributed by atoms with Gasteiger partial charge in [-0.15, -0.1) is 0 Å². The number of alkyl halides is 3. The molecule has 2 rings (SSSR count). The average Bonchev–Trinajstić information content (AvgIpc) is 2.79. The largest absolute Gasteiger partial charge is 0.478 e. The predicted molar refractivity (Wildman–Crippen MR) is 63.4 cm³/mol. The van der Waals surface area contributed by atoms with Gasteiger partial charge in [-0.1, -0.05) is 11.6 Å². The van der Waals surface area contributed by atoms with E-state index in [4.69, 9.17) is 21.4 Å². The van der Waals surface area contributed by atoms with E-state index in [9.17, 15) is 18.0 Å². The Morgan fingerprint density at radius 1 is 1.40 bits per heavy atom. The van der Waals surface area contributed by atoms with Gasteiger partial charge in [0.25, 0.3) is 11.0 Å². The van der Waals surface area contributed by atoms with Gasteiger partial charge >= 0.3 is 12.1 Å². The number of carboxylic acids is 1. The summed E-state index contributed by atoms with van der Waals surface area (Å²) >= 11 is 6.05. The normalized spacial score (nSPS) is 11.4. The third-order valence-corrected chi connectivity index (χ3v) is 2.96. The summed E-state index contributed by atoms with van der Waals surface area (Å²) in [6, 6.07) is 3.65. The van der Waals surface area contributed by atoms with Crippen molar-refractivity contribution in [2.75, 3.05) is 0 Å². The molecule has 20 heavy (non-hydrogen) atoms. The molecule has 1 heterocycles. The smallest absolute Gasteiger partial charge is 0.452 e. The number of nitrogens with zero attached hydrogens (tertiary/aromatic N) is 2. The molecule has 1 aromatic carbocycles. The molecule has 0 aliphatic rings. The van der Waals surface area contributed by atoms with Gasteiger partial charge in [0.1, 0.15) is 5.75 Å². The van der Waals surface area contributed by atoms with E-state index in [0.717, 1.165) is 6.07 Å². The molecule has 0 amide bonds. The van der Waals surface area contributed by atoms with Crippen LogP contribution >= 0.6 is 23.1 Å². The Balaban J connectivity index is 2.24. The third-order valence-electron chi connectivity index (χ3n) is 2.03. The zero-order valence-corrected chi connectivity index (χ0v) is 10.9. The number of halogens is 4. The summed E-state index contributed by atoms with van der Waals surface area (Å²) < 4.78 is 45.0. The molecule has 0 saturated heterocycles. The predicted octanol–water partition coefficient (Wildman–Crippen LogP) is 3.70. The Hall–Kier alpha value is -1.87. The van der Waals surface area contributed by atoms with E-state index in [1.165, 1.54) is 12.1 Å². The first-order valence-corrected chi connectivity index (χ1v) is 6.04. The summed E-state index contributed by atoms with van der Waals surface area (Å²) in [7, 11) is 0. The number of hydrogen-bond donors (Lipinski definition) is 1. The Morgan fingerprint density at radius 3 is 2.65 bits per heavy atom. The standard InChI is InChI=1S/C10H4ClF3N2O3S/c11-6-2-1-4(3-5(6)7(17)18)19-9-15-8(16-20-9)10(12,13)14/h1-3H,(H,17,18). The summed E-state index contributed by atoms with van der Waals surface area (Å²) in [5.74, 6) is -2.60. The van der Waals surface area contributed by atoms with Crippen LogP contribution in [0, 0.1) is 0 Å². The van der Waals surface area contributed by atoms with Crippen LogP contribution in [-0.4, -0.2) is 20.4 Å². The summed E-state index contributed by atoms with van der Waals surface area (Å²) in [5, 5.41) is 8.49. The second-order valence-corrected chi connectivity index (χ2v) is 4.55. The van der Waals surface area contributed by atoms with Crippen LogP contribution in [0.5, 0.6) is 10.9 Å². The lowest BCUT2D eigenvalue weighted by molar-refractivity contribution is -0.144. The summed E-state index contributed by atoms with van der Waals surface area (Å²) in [6.45, 7) is 0. The van der Waals surface area contributed by atoms with Gasteiger partial charge in [-0.3, -0.25) is 0 Å². The number of carbonyl (C=O) groups is 1. The summed E-state index contributed by atoms with van der Waals surface area (Å²) in [4.78, 5) is 14.0. The van der Waals surface area contributed by atoms with Gasteiger partial charge in [0.15, 0.2) is 0 Å². The third kappa shape index (κ3) is 3.17. The van der Waals surface area contributed by atoms with Crippen molar-refractivity contribution in [3.05, 3.63) is 34.6 Å². The SMILES string of the molecule is O=C(O)c1cc(Oc2nc(C(F)(F)F)ns2)ccc1Cl. The van der Waals surface area contributed by atoms with E-state index in [1.54, 1.807) is 0 Å². The van der Waals surface area contributed by atoms with Gasteiger partial charge in [-0.25, -0.2) is 4.79 Å². The van der Waals surface area contributed by atoms with Crippen molar-refractivity contribution < 1.29 is 27.8 Å². The van der Waals surface area contributed by atoms with E-state index in [2.05, 4.69) is 9.36 Å². The lowest BCUT2D eigenvalue weighted by atomic mass is 10.2. The van der Waals surface area contributed by atoms with Crippen LogP contribution in [0.4, 0.5) is 13.2 Å². The van der Waals surface area contributed by atoms with Gasteiger partial charge in [0.05, 0.1) is 10.6 Å². The van der Waals surface area contributed by atoms with Crippen LogP contribution in [0.2, 0.25) is 5.02 Å². The molecule has 106 valence electrons. The zero-order valence-electron chi connectivity index (χ0n) is 9.31. The van der Waals surface area contributed by atoms with E-state index < -0.39 is 18.0 Å². The monoisotopic (exact) mass is 324 g/mol. The molecular weight excluding hydrogens is 321 g/mol. The van der Waals surface area contributed by atoms with E-state index in [0.29, 0.717) is 11.5 Å². The lowest BCUT2D eigenvalue weighted by Crippen LogP contribution is -2.06. The molecule has 0 saturated carbocycles. The van der Waals surface area contributed by atoms with Crippen molar-refractivity contribution >= 4 is 29.1 Å². The number of rotatable bonds is 3. The minimum absolute atomic E-state index is 0.00308. The van der Waals surface area contributed by atoms with E-state index in [1.807, 2.05) is 0 Å². The molecule has 0 bridgehead atoms. The number of aromatic carboxylic acids is 1. The Kier molecular flexibility index (Phi) is 3.82. The van der Waals surface area contributed by atoms with Crippen LogP contribution in [-0.2, 0) is 6.18 Å². The number of hydrogen-bond acceptors (Lipinski definition) is 5. The van der Waals surface area contributed by atoms with Crippen molar-refractivity contribution in [3.8, 4) is 10.9 Å². The number of ether oxygens (including phenoxy) is 1. The fraction of sp³-hybridized carbons (Fsp3) is 0.100. The van der Waals surface area contributed by atoms with Crippen molar-refractivity contribution in [2.24, 2.45) is 0 Å². The highest BCUT2D eigenvalue weighted by Gasteiger charge is 2.36. The molecule has 0 atom stereocenters. The molecule has 0 fully saturated rings. The molecule has 0 spiro atoms. The molecule has 1 aromatic heterocycles. The zero-order chi connectivity index (χ0) is 14.9. The van der Waals surface area contributed by atoms with Crippen LogP contribution in [0.3, 0.4) is 0 Å². The highest BCUT2D eigenvalue weighted by molar-refractivity contribution is 7.07. The van der Waals surface area contributed by atoms with Crippen molar-refractivity contribution in [3.63, 3.8) is 0 Å². The number of aromatic nitrogens is 2. The van der Waals surface area contributed by atoms with Gasteiger partial charge in [0, 0.05) is 11.5 Å². The topological polar surface area (TPSA) is 72.3 Å². The highest BCUT2D eigenvalue weighted by Crippen LogP contribution is 2.32. The maximum Gasteiger partial charge on any atom is 0.452 e. The highest BCUT2D eigenvalue weighted by atomic mass is 35.5. The fourth-order valence-corrected chi connectivity index (χ4v) is 1.97. The second kappa shape index (κ2) is 5.25. The molecule has 0 aliphatic heterocycles. The molecule has 2 aromatic rings. The van der Waals surface area contributed by atoms with Crippen LogP contribution in [0.1, 0.15) is 16.2 Å². The number of benzene rings is 1. The van der Waals surface area contributed by atoms with E-state index in [-0.39, 0.29) is 21.5 Å². The second-order valence-electron chi connectivity index (χ2n) is 3.43. The van der Waals surface area contributed by atoms with Gasteiger partial charge in [-0.05, 0) is 18.2 Å². The minimum Gasteiger partial charge on any atom is -0.478 e. The quantitative estimate of drug-likeness (QED) is 0.932. The van der Waals surface area contributed by atoms with Crippen LogP contribution in [0.25, 0.3) is 0 Å². The Labute approximate surface area is 118 Å². The van der Waals surface area contributed by atoms with Crippen LogP contribution < -0.4 is 4.74 Å². The van der Waals surface area contributed by atoms with Gasteiger partial charge in [-0.2, -0.15) is 22.5 Å². The Bertz CT molecular complexity index is 659. The number of carboxylic acid groups (broad SMARTS) is 1. The van der Waals surface area contributed by atoms with Crippen LogP contribution in [0.15, 0.2) is 18.2 Å². The molecule has 1 N–H and O–H groups in total. The first-order chi connectivity index (χ1) is 9.27. The molecule has 0 aliphatic carbocycles. The molecular formula is C10H4ClF3N2O3S. The first kappa shape index (κ1) is 14.5.